The second-order valence-electron chi connectivity index (χ2n) is 3.70. The Balaban J connectivity index is 4.82. The summed E-state index contributed by atoms with van der Waals surface area (Å²) in [5.41, 5.74) is 0.223. The fourth-order valence-electron chi connectivity index (χ4n) is 0.493. The van der Waals surface area contributed by atoms with Gasteiger partial charge in [0.15, 0.2) is 0 Å². The van der Waals surface area contributed by atoms with E-state index in [2.05, 4.69) is 19.7 Å². The normalized spacial score (nSPS) is 9.47. The maximum Gasteiger partial charge on any atom is 0.537 e. The molecular formula is C12H15O6P. The van der Waals surface area contributed by atoms with E-state index in [0.717, 1.165) is 0 Å². The highest BCUT2D eigenvalue weighted by Gasteiger charge is 2.28. The maximum absolute atomic E-state index is 11.3. The Kier molecular flexibility index (Phi) is 6.72. The summed E-state index contributed by atoms with van der Waals surface area (Å²) >= 11 is 0. The standard InChI is InChI=1S/C12H15O6P/c1-7(2)10(13)16-19(17-11(14)8(3)4)18-12(15)9(5)6/h1,3,5H2,2,4,6H3. The van der Waals surface area contributed by atoms with Crippen LogP contribution < -0.4 is 0 Å². The predicted molar refractivity (Wildman–Crippen MR) is 69.6 cm³/mol. The van der Waals surface area contributed by atoms with Crippen molar-refractivity contribution in [1.29, 1.82) is 0 Å². The Morgan fingerprint density at radius 3 is 1.05 bits per heavy atom. The van der Waals surface area contributed by atoms with Crippen molar-refractivity contribution in [1.82, 2.24) is 0 Å². The van der Waals surface area contributed by atoms with Crippen LogP contribution in [0.1, 0.15) is 20.8 Å². The van der Waals surface area contributed by atoms with Crippen molar-refractivity contribution in [2.75, 3.05) is 0 Å². The second-order valence-corrected chi connectivity index (χ2v) is 4.70. The summed E-state index contributed by atoms with van der Waals surface area (Å²) in [6.07, 6.45) is 0. The summed E-state index contributed by atoms with van der Waals surface area (Å²) < 4.78 is 14.1. The highest BCUT2D eigenvalue weighted by atomic mass is 31.2. The van der Waals surface area contributed by atoms with Gasteiger partial charge in [0.25, 0.3) is 0 Å². The minimum atomic E-state index is -2.51. The van der Waals surface area contributed by atoms with Gasteiger partial charge in [0.05, 0.1) is 0 Å². The number of carbonyl (C=O) groups excluding carboxylic acids is 3. The third-order valence-corrected chi connectivity index (χ3v) is 2.46. The van der Waals surface area contributed by atoms with E-state index in [1.807, 2.05) is 0 Å². The molecule has 0 aliphatic carbocycles. The lowest BCUT2D eigenvalue weighted by Gasteiger charge is -2.14. The molecule has 0 aliphatic heterocycles. The van der Waals surface area contributed by atoms with E-state index in [0.29, 0.717) is 0 Å². The molecule has 0 N–H and O–H groups in total. The molecule has 0 saturated carbocycles. The fraction of sp³-hybridized carbons (Fsp3) is 0.250. The maximum atomic E-state index is 11.3. The number of carbonyl (C=O) groups is 3. The molecule has 0 fully saturated rings. The van der Waals surface area contributed by atoms with Gasteiger partial charge in [-0.2, -0.15) is 0 Å². The first-order valence-electron chi connectivity index (χ1n) is 5.08. The molecule has 7 heteroatoms. The summed E-state index contributed by atoms with van der Waals surface area (Å²) in [4.78, 5) is 34.0. The van der Waals surface area contributed by atoms with Crippen LogP contribution in [0.2, 0.25) is 0 Å². The van der Waals surface area contributed by atoms with E-state index in [-0.39, 0.29) is 16.7 Å². The Hall–Kier alpha value is -1.94. The molecule has 0 rings (SSSR count). The number of hydrogen-bond donors (Lipinski definition) is 0. The minimum absolute atomic E-state index is 0.0743. The lowest BCUT2D eigenvalue weighted by Crippen LogP contribution is -2.11. The molecule has 0 saturated heterocycles. The average Bonchev–Trinajstić information content (AvgIpc) is 2.27. The van der Waals surface area contributed by atoms with Gasteiger partial charge in [-0.05, 0) is 20.8 Å². The molecule has 0 amide bonds. The highest BCUT2D eigenvalue weighted by Crippen LogP contribution is 2.41. The van der Waals surface area contributed by atoms with Crippen LogP contribution >= 0.6 is 8.60 Å². The average molecular weight is 286 g/mol. The van der Waals surface area contributed by atoms with Crippen molar-refractivity contribution in [3.8, 4) is 0 Å². The Bertz CT molecular complexity index is 385. The molecule has 0 aromatic rings. The van der Waals surface area contributed by atoms with Gasteiger partial charge >= 0.3 is 26.5 Å². The van der Waals surface area contributed by atoms with E-state index in [9.17, 15) is 14.4 Å². The molecule has 19 heavy (non-hydrogen) atoms. The number of hydrogen-bond acceptors (Lipinski definition) is 6. The molecule has 0 unspecified atom stereocenters. The Morgan fingerprint density at radius 2 is 0.895 bits per heavy atom. The first-order valence-corrected chi connectivity index (χ1v) is 6.18. The molecule has 0 atom stereocenters. The van der Waals surface area contributed by atoms with Gasteiger partial charge in [0, 0.05) is 16.7 Å². The molecule has 0 aromatic heterocycles. The monoisotopic (exact) mass is 286 g/mol. The van der Waals surface area contributed by atoms with Gasteiger partial charge < -0.3 is 13.6 Å². The fourth-order valence-corrected chi connectivity index (χ4v) is 1.48. The lowest BCUT2D eigenvalue weighted by molar-refractivity contribution is -0.137. The van der Waals surface area contributed by atoms with Gasteiger partial charge in [-0.25, -0.2) is 14.4 Å². The van der Waals surface area contributed by atoms with Gasteiger partial charge in [-0.3, -0.25) is 0 Å². The van der Waals surface area contributed by atoms with Crippen molar-refractivity contribution in [3.63, 3.8) is 0 Å². The van der Waals surface area contributed by atoms with Crippen LogP contribution in [0.25, 0.3) is 0 Å². The van der Waals surface area contributed by atoms with Gasteiger partial charge in [-0.1, -0.05) is 19.7 Å². The number of rotatable bonds is 6. The van der Waals surface area contributed by atoms with Crippen LogP contribution in [0.15, 0.2) is 36.5 Å². The molecule has 6 nitrogen and oxygen atoms in total. The van der Waals surface area contributed by atoms with Gasteiger partial charge in [0.1, 0.15) is 0 Å². The zero-order chi connectivity index (χ0) is 15.2. The third-order valence-electron chi connectivity index (χ3n) is 1.52. The minimum Gasteiger partial charge on any atom is -0.372 e. The zero-order valence-corrected chi connectivity index (χ0v) is 11.9. The first kappa shape index (κ1) is 17.1. The van der Waals surface area contributed by atoms with E-state index < -0.39 is 26.5 Å². The van der Waals surface area contributed by atoms with E-state index in [1.54, 1.807) is 0 Å². The van der Waals surface area contributed by atoms with Crippen molar-refractivity contribution >= 4 is 26.5 Å². The van der Waals surface area contributed by atoms with Gasteiger partial charge in [0.2, 0.25) is 0 Å². The molecule has 0 radical (unpaired) electrons. The SMILES string of the molecule is C=C(C)C(=O)OP(OC(=O)C(=C)C)OC(=O)C(=C)C. The van der Waals surface area contributed by atoms with Crippen molar-refractivity contribution < 1.29 is 28.0 Å². The first-order chi connectivity index (χ1) is 8.65. The van der Waals surface area contributed by atoms with Crippen molar-refractivity contribution in [3.05, 3.63) is 36.5 Å². The quantitative estimate of drug-likeness (QED) is 0.551. The zero-order valence-electron chi connectivity index (χ0n) is 11.0. The molecule has 0 bridgehead atoms. The molecular weight excluding hydrogens is 271 g/mol. The van der Waals surface area contributed by atoms with Crippen LogP contribution in [0.3, 0.4) is 0 Å². The second kappa shape index (κ2) is 7.48. The van der Waals surface area contributed by atoms with E-state index >= 15 is 0 Å². The summed E-state index contributed by atoms with van der Waals surface area (Å²) in [6.45, 7) is 14.3. The van der Waals surface area contributed by atoms with Crippen LogP contribution in [-0.2, 0) is 28.0 Å². The van der Waals surface area contributed by atoms with Crippen molar-refractivity contribution in [2.45, 2.75) is 20.8 Å². The van der Waals surface area contributed by atoms with Gasteiger partial charge in [-0.15, -0.1) is 0 Å². The van der Waals surface area contributed by atoms with Crippen LogP contribution in [0.5, 0.6) is 0 Å². The summed E-state index contributed by atoms with van der Waals surface area (Å²) in [5.74, 6) is -2.51. The third kappa shape index (κ3) is 6.52. The van der Waals surface area contributed by atoms with Crippen LogP contribution in [0.4, 0.5) is 0 Å². The van der Waals surface area contributed by atoms with E-state index in [1.165, 1.54) is 20.8 Å². The topological polar surface area (TPSA) is 78.9 Å². The van der Waals surface area contributed by atoms with E-state index in [4.69, 9.17) is 13.6 Å². The highest BCUT2D eigenvalue weighted by molar-refractivity contribution is 7.43. The largest absolute Gasteiger partial charge is 0.537 e. The van der Waals surface area contributed by atoms with Crippen LogP contribution in [-0.4, -0.2) is 17.9 Å². The molecule has 0 aliphatic rings. The Labute approximate surface area is 112 Å². The summed E-state index contributed by atoms with van der Waals surface area (Å²) in [5, 5.41) is 0. The molecule has 0 aromatic carbocycles. The lowest BCUT2D eigenvalue weighted by atomic mass is 10.4. The smallest absolute Gasteiger partial charge is 0.372 e. The predicted octanol–water partition coefficient (Wildman–Crippen LogP) is 2.57. The van der Waals surface area contributed by atoms with Crippen LogP contribution in [0, 0.1) is 0 Å². The summed E-state index contributed by atoms with van der Waals surface area (Å²) in [6, 6.07) is 0. The summed E-state index contributed by atoms with van der Waals surface area (Å²) in [7, 11) is -2.51. The molecule has 0 spiro atoms. The molecule has 0 heterocycles. The Morgan fingerprint density at radius 1 is 0.684 bits per heavy atom. The van der Waals surface area contributed by atoms with Crippen molar-refractivity contribution in [2.24, 2.45) is 0 Å². The molecule has 104 valence electrons.